The number of anilines is 1. The molecule has 1 heterocycles. The lowest BCUT2D eigenvalue weighted by atomic mass is 10.1. The van der Waals surface area contributed by atoms with E-state index in [1.165, 1.54) is 11.8 Å². The van der Waals surface area contributed by atoms with E-state index >= 15 is 0 Å². The van der Waals surface area contributed by atoms with Crippen LogP contribution in [0.1, 0.15) is 50.7 Å². The van der Waals surface area contributed by atoms with Crippen LogP contribution < -0.4 is 19.1 Å². The SMILES string of the molecule is CCS(=O)(=O)N(CC(=O)N(Cc1ccc(C)cc1)[C@@H](C)C(=O)NC1CCCC1)c1ccc2c(c1)OCCO2. The van der Waals surface area contributed by atoms with Crippen LogP contribution in [0.5, 0.6) is 11.5 Å². The van der Waals surface area contributed by atoms with E-state index in [4.69, 9.17) is 9.47 Å². The van der Waals surface area contributed by atoms with Gasteiger partial charge in [0.1, 0.15) is 25.8 Å². The molecule has 206 valence electrons. The van der Waals surface area contributed by atoms with Gasteiger partial charge in [-0.2, -0.15) is 0 Å². The lowest BCUT2D eigenvalue weighted by Gasteiger charge is -2.32. The average molecular weight is 544 g/mol. The summed E-state index contributed by atoms with van der Waals surface area (Å²) >= 11 is 0. The number of benzene rings is 2. The predicted octanol–water partition coefficient (Wildman–Crippen LogP) is 3.40. The minimum absolute atomic E-state index is 0.107. The Morgan fingerprint density at radius 1 is 1.03 bits per heavy atom. The van der Waals surface area contributed by atoms with Crippen molar-refractivity contribution in [3.05, 3.63) is 53.6 Å². The van der Waals surface area contributed by atoms with Crippen molar-refractivity contribution in [3.63, 3.8) is 0 Å². The molecule has 0 bridgehead atoms. The van der Waals surface area contributed by atoms with Gasteiger partial charge in [-0.15, -0.1) is 0 Å². The van der Waals surface area contributed by atoms with Gasteiger partial charge < -0.3 is 19.7 Å². The van der Waals surface area contributed by atoms with E-state index in [-0.39, 0.29) is 24.2 Å². The smallest absolute Gasteiger partial charge is 0.244 e. The number of carbonyl (C=O) groups is 2. The normalized spacial score (nSPS) is 16.1. The molecule has 1 aliphatic carbocycles. The van der Waals surface area contributed by atoms with Crippen molar-refractivity contribution in [1.29, 1.82) is 0 Å². The van der Waals surface area contributed by atoms with Crippen molar-refractivity contribution >= 4 is 27.5 Å². The molecular weight excluding hydrogens is 506 g/mol. The first-order chi connectivity index (χ1) is 18.2. The van der Waals surface area contributed by atoms with Crippen LogP contribution in [0.3, 0.4) is 0 Å². The second kappa shape index (κ2) is 12.1. The van der Waals surface area contributed by atoms with Gasteiger partial charge in [-0.3, -0.25) is 13.9 Å². The molecule has 0 radical (unpaired) electrons. The number of hydrogen-bond donors (Lipinski definition) is 1. The molecule has 4 rings (SSSR count). The first kappa shape index (κ1) is 27.8. The average Bonchev–Trinajstić information content (AvgIpc) is 3.43. The molecule has 1 saturated carbocycles. The van der Waals surface area contributed by atoms with E-state index in [9.17, 15) is 18.0 Å². The maximum Gasteiger partial charge on any atom is 0.244 e. The van der Waals surface area contributed by atoms with Gasteiger partial charge in [0.25, 0.3) is 0 Å². The summed E-state index contributed by atoms with van der Waals surface area (Å²) in [4.78, 5) is 28.5. The van der Waals surface area contributed by atoms with Crippen molar-refractivity contribution in [2.45, 2.75) is 65.1 Å². The molecule has 1 N–H and O–H groups in total. The minimum Gasteiger partial charge on any atom is -0.486 e. The van der Waals surface area contributed by atoms with Crippen LogP contribution in [0, 0.1) is 6.92 Å². The zero-order valence-corrected chi connectivity index (χ0v) is 23.1. The van der Waals surface area contributed by atoms with Crippen LogP contribution in [-0.2, 0) is 26.2 Å². The highest BCUT2D eigenvalue weighted by Gasteiger charge is 2.32. The van der Waals surface area contributed by atoms with E-state index in [0.29, 0.717) is 30.4 Å². The fourth-order valence-corrected chi connectivity index (χ4v) is 5.83. The molecule has 38 heavy (non-hydrogen) atoms. The highest BCUT2D eigenvalue weighted by molar-refractivity contribution is 7.92. The number of sulfonamides is 1. The fraction of sp³-hybridized carbons (Fsp3) is 0.500. The first-order valence-electron chi connectivity index (χ1n) is 13.2. The van der Waals surface area contributed by atoms with Crippen LogP contribution in [0.2, 0.25) is 0 Å². The number of nitrogens with zero attached hydrogens (tertiary/aromatic N) is 2. The van der Waals surface area contributed by atoms with Gasteiger partial charge in [-0.1, -0.05) is 42.7 Å². The van der Waals surface area contributed by atoms with Crippen molar-refractivity contribution in [1.82, 2.24) is 10.2 Å². The Balaban J connectivity index is 1.61. The molecule has 1 aliphatic heterocycles. The van der Waals surface area contributed by atoms with Crippen molar-refractivity contribution in [3.8, 4) is 11.5 Å². The van der Waals surface area contributed by atoms with E-state index in [1.54, 1.807) is 25.1 Å². The van der Waals surface area contributed by atoms with Crippen LogP contribution in [0.25, 0.3) is 0 Å². The molecule has 0 saturated heterocycles. The van der Waals surface area contributed by atoms with Gasteiger partial charge in [0.2, 0.25) is 21.8 Å². The molecular formula is C28H37N3O6S. The number of fused-ring (bicyclic) bond motifs is 1. The Bertz CT molecular complexity index is 1240. The number of amides is 2. The maximum absolute atomic E-state index is 13.8. The molecule has 2 aliphatic rings. The second-order valence-corrected chi connectivity index (χ2v) is 12.1. The molecule has 10 heteroatoms. The molecule has 0 spiro atoms. The van der Waals surface area contributed by atoms with Crippen molar-refractivity contribution in [2.75, 3.05) is 29.8 Å². The van der Waals surface area contributed by atoms with Gasteiger partial charge in [-0.25, -0.2) is 8.42 Å². The van der Waals surface area contributed by atoms with E-state index in [0.717, 1.165) is 41.1 Å². The number of carbonyl (C=O) groups excluding carboxylic acids is 2. The minimum atomic E-state index is -3.82. The van der Waals surface area contributed by atoms with Gasteiger partial charge in [-0.05, 0) is 51.3 Å². The third-order valence-electron chi connectivity index (χ3n) is 7.14. The third kappa shape index (κ3) is 6.59. The largest absolute Gasteiger partial charge is 0.486 e. The Morgan fingerprint density at radius 3 is 2.34 bits per heavy atom. The summed E-state index contributed by atoms with van der Waals surface area (Å²) in [5, 5.41) is 3.07. The summed E-state index contributed by atoms with van der Waals surface area (Å²) in [7, 11) is -3.82. The molecule has 9 nitrogen and oxygen atoms in total. The third-order valence-corrected chi connectivity index (χ3v) is 8.88. The Morgan fingerprint density at radius 2 is 1.68 bits per heavy atom. The lowest BCUT2D eigenvalue weighted by Crippen LogP contribution is -2.52. The monoisotopic (exact) mass is 543 g/mol. The summed E-state index contributed by atoms with van der Waals surface area (Å²) in [6.45, 7) is 5.71. The standard InChI is InChI=1S/C28H37N3O6S/c1-4-38(34,35)31(24-13-14-25-26(17-24)37-16-15-36-25)19-27(32)30(18-22-11-9-20(2)10-12-22)21(3)28(33)29-23-7-5-6-8-23/h9-14,17,21,23H,4-8,15-16,18-19H2,1-3H3,(H,29,33)/t21-/m0/s1. The summed E-state index contributed by atoms with van der Waals surface area (Å²) in [5.41, 5.74) is 2.24. The van der Waals surface area contributed by atoms with E-state index in [2.05, 4.69) is 5.32 Å². The Hall–Kier alpha value is -3.27. The number of aryl methyl sites for hydroxylation is 1. The van der Waals surface area contributed by atoms with Crippen LogP contribution in [0.15, 0.2) is 42.5 Å². The fourth-order valence-electron chi connectivity index (χ4n) is 4.77. The van der Waals surface area contributed by atoms with Gasteiger partial charge in [0.05, 0.1) is 11.4 Å². The van der Waals surface area contributed by atoms with Crippen LogP contribution >= 0.6 is 0 Å². The van der Waals surface area contributed by atoms with Crippen molar-refractivity contribution < 1.29 is 27.5 Å². The highest BCUT2D eigenvalue weighted by Crippen LogP contribution is 2.35. The zero-order chi connectivity index (χ0) is 27.3. The summed E-state index contributed by atoms with van der Waals surface area (Å²) in [6, 6.07) is 11.9. The van der Waals surface area contributed by atoms with Crippen LogP contribution in [0.4, 0.5) is 5.69 Å². The first-order valence-corrected chi connectivity index (χ1v) is 14.8. The van der Waals surface area contributed by atoms with E-state index in [1.807, 2.05) is 31.2 Å². The van der Waals surface area contributed by atoms with Crippen molar-refractivity contribution in [2.24, 2.45) is 0 Å². The number of ether oxygens (including phenoxy) is 2. The Kier molecular flexibility index (Phi) is 8.81. The second-order valence-electron chi connectivity index (χ2n) is 9.91. The predicted molar refractivity (Wildman–Crippen MR) is 146 cm³/mol. The quantitative estimate of drug-likeness (QED) is 0.493. The number of rotatable bonds is 10. The zero-order valence-electron chi connectivity index (χ0n) is 22.3. The van der Waals surface area contributed by atoms with Crippen LogP contribution in [-0.4, -0.2) is 62.7 Å². The summed E-state index contributed by atoms with van der Waals surface area (Å²) < 4.78 is 38.6. The van der Waals surface area contributed by atoms with Gasteiger partial charge in [0, 0.05) is 18.7 Å². The molecule has 2 aromatic carbocycles. The molecule has 1 fully saturated rings. The van der Waals surface area contributed by atoms with Gasteiger partial charge in [0.15, 0.2) is 11.5 Å². The molecule has 0 unspecified atom stereocenters. The molecule has 2 aromatic rings. The summed E-state index contributed by atoms with van der Waals surface area (Å²) in [6.07, 6.45) is 4.00. The molecule has 2 amide bonds. The summed E-state index contributed by atoms with van der Waals surface area (Å²) in [5.74, 6) is 0.0644. The lowest BCUT2D eigenvalue weighted by molar-refractivity contribution is -0.139. The number of hydrogen-bond acceptors (Lipinski definition) is 6. The molecule has 1 atom stereocenters. The highest BCUT2D eigenvalue weighted by atomic mass is 32.2. The Labute approximate surface area is 225 Å². The van der Waals surface area contributed by atoms with Gasteiger partial charge >= 0.3 is 0 Å². The maximum atomic E-state index is 13.8. The molecule has 0 aromatic heterocycles. The number of nitrogens with one attached hydrogen (secondary N) is 1. The van der Waals surface area contributed by atoms with E-state index < -0.39 is 28.5 Å². The topological polar surface area (TPSA) is 105 Å².